The number of hydrogen-bond donors (Lipinski definition) is 2. The van der Waals surface area contributed by atoms with Gasteiger partial charge in [-0.15, -0.1) is 11.3 Å². The summed E-state index contributed by atoms with van der Waals surface area (Å²) in [5, 5.41) is 2.10. The smallest absolute Gasteiger partial charge is 0.0285 e. The van der Waals surface area contributed by atoms with Crippen molar-refractivity contribution in [3.05, 3.63) is 20.8 Å². The Morgan fingerprint density at radius 2 is 2.50 bits per heavy atom. The molecule has 12 heavy (non-hydrogen) atoms. The summed E-state index contributed by atoms with van der Waals surface area (Å²) in [7, 11) is 0. The van der Waals surface area contributed by atoms with Crippen LogP contribution in [0.3, 0.4) is 0 Å². The average molecular weight is 249 g/mol. The molecule has 1 heterocycles. The summed E-state index contributed by atoms with van der Waals surface area (Å²) >= 11 is 5.19. The van der Waals surface area contributed by atoms with Gasteiger partial charge in [-0.1, -0.05) is 6.92 Å². The topological polar surface area (TPSA) is 38.0 Å². The Labute approximate surface area is 85.3 Å². The third kappa shape index (κ3) is 2.86. The van der Waals surface area contributed by atoms with E-state index in [4.69, 9.17) is 5.84 Å². The molecule has 0 aliphatic heterocycles. The summed E-state index contributed by atoms with van der Waals surface area (Å²) in [5.74, 6) is 5.38. The van der Waals surface area contributed by atoms with Gasteiger partial charge in [0.25, 0.3) is 0 Å². The van der Waals surface area contributed by atoms with E-state index in [2.05, 4.69) is 39.7 Å². The minimum absolute atomic E-state index is 0.399. The van der Waals surface area contributed by atoms with E-state index in [1.165, 1.54) is 4.88 Å². The summed E-state index contributed by atoms with van der Waals surface area (Å²) in [6, 6.07) is 2.54. The van der Waals surface area contributed by atoms with Gasteiger partial charge in [-0.05, 0) is 34.8 Å². The maximum atomic E-state index is 5.38. The molecule has 0 amide bonds. The van der Waals surface area contributed by atoms with Gasteiger partial charge in [0.15, 0.2) is 0 Å². The molecular weight excluding hydrogens is 236 g/mol. The van der Waals surface area contributed by atoms with Crippen LogP contribution in [0.5, 0.6) is 0 Å². The second-order valence-corrected chi connectivity index (χ2v) is 4.62. The molecule has 0 aliphatic rings. The molecule has 0 saturated carbocycles. The van der Waals surface area contributed by atoms with E-state index in [9.17, 15) is 0 Å². The maximum absolute atomic E-state index is 5.38. The van der Waals surface area contributed by atoms with E-state index >= 15 is 0 Å². The number of rotatable bonds is 4. The quantitative estimate of drug-likeness (QED) is 0.634. The molecule has 2 nitrogen and oxygen atoms in total. The van der Waals surface area contributed by atoms with E-state index in [1.54, 1.807) is 11.3 Å². The highest BCUT2D eigenvalue weighted by molar-refractivity contribution is 9.10. The van der Waals surface area contributed by atoms with Crippen LogP contribution in [0.4, 0.5) is 0 Å². The third-order valence-corrected chi connectivity index (χ3v) is 3.52. The largest absolute Gasteiger partial charge is 0.271 e. The van der Waals surface area contributed by atoms with Crippen molar-refractivity contribution in [3.8, 4) is 0 Å². The van der Waals surface area contributed by atoms with Crippen molar-refractivity contribution in [2.45, 2.75) is 25.8 Å². The SMILES string of the molecule is CCC(Cc1cc(Br)cs1)NN. The normalized spacial score (nSPS) is 13.2. The highest BCUT2D eigenvalue weighted by atomic mass is 79.9. The predicted molar refractivity (Wildman–Crippen MR) is 57.1 cm³/mol. The molecule has 3 N–H and O–H groups in total. The molecule has 0 aliphatic carbocycles. The summed E-state index contributed by atoms with van der Waals surface area (Å²) in [4.78, 5) is 1.37. The van der Waals surface area contributed by atoms with Crippen LogP contribution >= 0.6 is 27.3 Å². The number of nitrogens with two attached hydrogens (primary N) is 1. The van der Waals surface area contributed by atoms with Crippen molar-refractivity contribution in [2.75, 3.05) is 0 Å². The first-order valence-corrected chi connectivity index (χ1v) is 5.62. The molecule has 0 bridgehead atoms. The minimum atomic E-state index is 0.399. The molecule has 0 aromatic carbocycles. The lowest BCUT2D eigenvalue weighted by Gasteiger charge is -2.11. The summed E-state index contributed by atoms with van der Waals surface area (Å²) in [6.07, 6.45) is 2.08. The van der Waals surface area contributed by atoms with E-state index < -0.39 is 0 Å². The van der Waals surface area contributed by atoms with Crippen LogP contribution in [0.2, 0.25) is 0 Å². The van der Waals surface area contributed by atoms with Gasteiger partial charge in [-0.3, -0.25) is 11.3 Å². The average Bonchev–Trinajstić information content (AvgIpc) is 2.47. The number of nitrogens with one attached hydrogen (secondary N) is 1. The number of hydrogen-bond acceptors (Lipinski definition) is 3. The van der Waals surface area contributed by atoms with Crippen molar-refractivity contribution in [2.24, 2.45) is 5.84 Å². The fourth-order valence-corrected chi connectivity index (χ4v) is 2.56. The molecule has 0 spiro atoms. The van der Waals surface area contributed by atoms with Gasteiger partial charge in [0, 0.05) is 20.8 Å². The van der Waals surface area contributed by atoms with Gasteiger partial charge in [-0.2, -0.15) is 0 Å². The van der Waals surface area contributed by atoms with Crippen LogP contribution in [0, 0.1) is 0 Å². The van der Waals surface area contributed by atoms with Crippen molar-refractivity contribution >= 4 is 27.3 Å². The lowest BCUT2D eigenvalue weighted by molar-refractivity contribution is 0.514. The number of hydrazine groups is 1. The fourth-order valence-electron chi connectivity index (χ4n) is 1.02. The molecular formula is C8H13BrN2S. The van der Waals surface area contributed by atoms with Gasteiger partial charge in [0.2, 0.25) is 0 Å². The van der Waals surface area contributed by atoms with E-state index in [-0.39, 0.29) is 0 Å². The van der Waals surface area contributed by atoms with Crippen molar-refractivity contribution in [1.29, 1.82) is 0 Å². The number of halogens is 1. The highest BCUT2D eigenvalue weighted by Crippen LogP contribution is 2.21. The zero-order valence-corrected chi connectivity index (χ0v) is 9.41. The second kappa shape index (κ2) is 4.97. The second-order valence-electron chi connectivity index (χ2n) is 2.71. The molecule has 0 radical (unpaired) electrons. The monoisotopic (exact) mass is 248 g/mol. The molecule has 1 aromatic heterocycles. The highest BCUT2D eigenvalue weighted by Gasteiger charge is 2.06. The molecule has 0 saturated heterocycles. The first kappa shape index (κ1) is 10.2. The molecule has 68 valence electrons. The van der Waals surface area contributed by atoms with Gasteiger partial charge in [-0.25, -0.2) is 0 Å². The van der Waals surface area contributed by atoms with Crippen molar-refractivity contribution in [1.82, 2.24) is 5.43 Å². The van der Waals surface area contributed by atoms with Gasteiger partial charge in [0.1, 0.15) is 0 Å². The van der Waals surface area contributed by atoms with E-state index in [0.29, 0.717) is 6.04 Å². The Morgan fingerprint density at radius 1 is 1.75 bits per heavy atom. The zero-order valence-electron chi connectivity index (χ0n) is 7.01. The van der Waals surface area contributed by atoms with Crippen molar-refractivity contribution < 1.29 is 0 Å². The summed E-state index contributed by atoms with van der Waals surface area (Å²) in [5.41, 5.74) is 2.80. The van der Waals surface area contributed by atoms with Crippen LogP contribution in [0.15, 0.2) is 15.9 Å². The van der Waals surface area contributed by atoms with Crippen LogP contribution < -0.4 is 11.3 Å². The predicted octanol–water partition coefficient (Wildman–Crippen LogP) is 2.30. The minimum Gasteiger partial charge on any atom is -0.271 e. The van der Waals surface area contributed by atoms with Crippen LogP contribution in [-0.4, -0.2) is 6.04 Å². The number of thiophene rings is 1. The summed E-state index contributed by atoms with van der Waals surface area (Å²) in [6.45, 7) is 2.13. The van der Waals surface area contributed by atoms with Crippen LogP contribution in [0.25, 0.3) is 0 Å². The van der Waals surface area contributed by atoms with E-state index in [1.807, 2.05) is 0 Å². The Bertz CT molecular complexity index is 233. The van der Waals surface area contributed by atoms with Crippen LogP contribution in [0.1, 0.15) is 18.2 Å². The van der Waals surface area contributed by atoms with Gasteiger partial charge >= 0.3 is 0 Å². The summed E-state index contributed by atoms with van der Waals surface area (Å²) < 4.78 is 1.16. The maximum Gasteiger partial charge on any atom is 0.0285 e. The molecule has 1 aromatic rings. The van der Waals surface area contributed by atoms with Gasteiger partial charge in [0.05, 0.1) is 0 Å². The first-order valence-electron chi connectivity index (χ1n) is 3.95. The van der Waals surface area contributed by atoms with Gasteiger partial charge < -0.3 is 0 Å². The molecule has 1 rings (SSSR count). The molecule has 1 atom stereocenters. The standard InChI is InChI=1S/C8H13BrN2S/c1-2-7(11-10)4-8-3-6(9)5-12-8/h3,5,7,11H,2,4,10H2,1H3. The lowest BCUT2D eigenvalue weighted by atomic mass is 10.1. The first-order chi connectivity index (χ1) is 5.76. The molecule has 0 fully saturated rings. The third-order valence-electron chi connectivity index (χ3n) is 1.80. The molecule has 4 heteroatoms. The van der Waals surface area contributed by atoms with E-state index in [0.717, 1.165) is 17.3 Å². The zero-order chi connectivity index (χ0) is 8.97. The fraction of sp³-hybridized carbons (Fsp3) is 0.500. The van der Waals surface area contributed by atoms with Crippen LogP contribution in [-0.2, 0) is 6.42 Å². The molecule has 1 unspecified atom stereocenters. The Balaban J connectivity index is 2.50. The lowest BCUT2D eigenvalue weighted by Crippen LogP contribution is -2.35. The Kier molecular flexibility index (Phi) is 4.21. The Morgan fingerprint density at radius 3 is 2.92 bits per heavy atom. The van der Waals surface area contributed by atoms with Crippen molar-refractivity contribution in [3.63, 3.8) is 0 Å². The Hall–Kier alpha value is 0.1000.